The minimum atomic E-state index is -0.620. The highest BCUT2D eigenvalue weighted by molar-refractivity contribution is 14.1. The van der Waals surface area contributed by atoms with E-state index in [2.05, 4.69) is 32.6 Å². The van der Waals surface area contributed by atoms with Gasteiger partial charge in [0.2, 0.25) is 0 Å². The largest absolute Gasteiger partial charge is 0.382 e. The summed E-state index contributed by atoms with van der Waals surface area (Å²) in [6.45, 7) is 0. The second kappa shape index (κ2) is 4.10. The van der Waals surface area contributed by atoms with Crippen LogP contribution in [0, 0.1) is 3.70 Å². The van der Waals surface area contributed by atoms with Crippen LogP contribution in [0.1, 0.15) is 17.4 Å². The van der Waals surface area contributed by atoms with E-state index in [4.69, 9.17) is 0 Å². The van der Waals surface area contributed by atoms with E-state index in [9.17, 15) is 5.11 Å². The van der Waals surface area contributed by atoms with E-state index in [1.54, 1.807) is 6.33 Å². The minimum Gasteiger partial charge on any atom is -0.382 e. The Hall–Kier alpha value is -0.880. The fraction of sp³-hybridized carbons (Fsp3) is 0.100. The highest BCUT2D eigenvalue weighted by Gasteiger charge is 2.14. The normalized spacial score (nSPS) is 12.7. The van der Waals surface area contributed by atoms with E-state index < -0.39 is 6.10 Å². The standard InChI is InChI=1S/C10H9IN2O/c11-10-8(12-6-13-10)9(14)7-4-2-1-3-5-7/h1-6,9,14H,(H,12,13). The zero-order valence-electron chi connectivity index (χ0n) is 7.31. The van der Waals surface area contributed by atoms with Crippen molar-refractivity contribution in [2.24, 2.45) is 0 Å². The van der Waals surface area contributed by atoms with E-state index in [1.165, 1.54) is 0 Å². The molecule has 0 bridgehead atoms. The molecule has 0 aliphatic heterocycles. The maximum Gasteiger partial charge on any atom is 0.125 e. The van der Waals surface area contributed by atoms with Crippen LogP contribution in [0.5, 0.6) is 0 Å². The summed E-state index contributed by atoms with van der Waals surface area (Å²) >= 11 is 2.10. The number of rotatable bonds is 2. The van der Waals surface area contributed by atoms with Crippen molar-refractivity contribution in [1.82, 2.24) is 9.97 Å². The lowest BCUT2D eigenvalue weighted by atomic mass is 10.1. The first kappa shape index (κ1) is 9.67. The highest BCUT2D eigenvalue weighted by atomic mass is 127. The summed E-state index contributed by atoms with van der Waals surface area (Å²) in [4.78, 5) is 6.97. The number of nitrogens with zero attached hydrogens (tertiary/aromatic N) is 1. The number of halogens is 1. The third-order valence-corrected chi connectivity index (χ3v) is 2.87. The maximum absolute atomic E-state index is 9.99. The molecule has 1 atom stereocenters. The molecule has 0 amide bonds. The number of imidazole rings is 1. The molecular formula is C10H9IN2O. The van der Waals surface area contributed by atoms with E-state index in [0.29, 0.717) is 0 Å². The fourth-order valence-corrected chi connectivity index (χ4v) is 1.87. The predicted molar refractivity (Wildman–Crippen MR) is 61.8 cm³/mol. The van der Waals surface area contributed by atoms with Gasteiger partial charge in [-0.3, -0.25) is 0 Å². The lowest BCUT2D eigenvalue weighted by Gasteiger charge is -2.08. The van der Waals surface area contributed by atoms with E-state index >= 15 is 0 Å². The molecule has 0 aliphatic carbocycles. The van der Waals surface area contributed by atoms with Gasteiger partial charge in [0.05, 0.1) is 12.0 Å². The second-order valence-corrected chi connectivity index (χ2v) is 3.94. The Bertz CT molecular complexity index is 413. The highest BCUT2D eigenvalue weighted by Crippen LogP contribution is 2.22. The molecule has 1 unspecified atom stereocenters. The van der Waals surface area contributed by atoms with Crippen LogP contribution in [-0.2, 0) is 0 Å². The van der Waals surface area contributed by atoms with Gasteiger partial charge in [0.1, 0.15) is 9.80 Å². The van der Waals surface area contributed by atoms with Gasteiger partial charge in [0.25, 0.3) is 0 Å². The minimum absolute atomic E-state index is 0.620. The van der Waals surface area contributed by atoms with Gasteiger partial charge in [-0.05, 0) is 28.2 Å². The molecule has 2 aromatic rings. The van der Waals surface area contributed by atoms with Crippen LogP contribution in [0.3, 0.4) is 0 Å². The van der Waals surface area contributed by atoms with Crippen molar-refractivity contribution >= 4 is 22.6 Å². The maximum atomic E-state index is 9.99. The summed E-state index contributed by atoms with van der Waals surface area (Å²) in [5.74, 6) is 0. The van der Waals surface area contributed by atoms with Crippen LogP contribution in [0.25, 0.3) is 0 Å². The van der Waals surface area contributed by atoms with Crippen LogP contribution in [0.2, 0.25) is 0 Å². The molecule has 2 N–H and O–H groups in total. The van der Waals surface area contributed by atoms with Gasteiger partial charge in [0, 0.05) is 0 Å². The van der Waals surface area contributed by atoms with Crippen LogP contribution in [-0.4, -0.2) is 15.1 Å². The van der Waals surface area contributed by atoms with Crippen molar-refractivity contribution < 1.29 is 5.11 Å². The van der Waals surface area contributed by atoms with Crippen molar-refractivity contribution in [2.45, 2.75) is 6.10 Å². The molecule has 1 aromatic heterocycles. The zero-order chi connectivity index (χ0) is 9.97. The van der Waals surface area contributed by atoms with Crippen molar-refractivity contribution in [3.8, 4) is 0 Å². The molecule has 0 aliphatic rings. The Kier molecular flexibility index (Phi) is 2.83. The first-order chi connectivity index (χ1) is 6.79. The van der Waals surface area contributed by atoms with E-state index in [1.807, 2.05) is 30.3 Å². The number of aromatic amines is 1. The molecule has 72 valence electrons. The van der Waals surface area contributed by atoms with Crippen molar-refractivity contribution in [1.29, 1.82) is 0 Å². The van der Waals surface area contributed by atoms with Gasteiger partial charge in [-0.1, -0.05) is 30.3 Å². The Morgan fingerprint density at radius 2 is 2.00 bits per heavy atom. The topological polar surface area (TPSA) is 48.9 Å². The number of H-pyrrole nitrogens is 1. The Morgan fingerprint density at radius 1 is 1.29 bits per heavy atom. The molecule has 0 saturated heterocycles. The molecule has 14 heavy (non-hydrogen) atoms. The molecule has 0 fully saturated rings. The fourth-order valence-electron chi connectivity index (χ4n) is 1.28. The number of aliphatic hydroxyl groups excluding tert-OH is 1. The first-order valence-electron chi connectivity index (χ1n) is 4.21. The third kappa shape index (κ3) is 1.80. The van der Waals surface area contributed by atoms with Gasteiger partial charge >= 0.3 is 0 Å². The average Bonchev–Trinajstić information content (AvgIpc) is 2.65. The molecule has 1 aromatic carbocycles. The second-order valence-electron chi connectivity index (χ2n) is 2.92. The van der Waals surface area contributed by atoms with Crippen molar-refractivity contribution in [3.63, 3.8) is 0 Å². The average molecular weight is 300 g/mol. The molecule has 3 nitrogen and oxygen atoms in total. The molecular weight excluding hydrogens is 291 g/mol. The number of nitrogens with one attached hydrogen (secondary N) is 1. The molecule has 1 heterocycles. The van der Waals surface area contributed by atoms with Gasteiger partial charge in [-0.25, -0.2) is 4.98 Å². The monoisotopic (exact) mass is 300 g/mol. The van der Waals surface area contributed by atoms with Crippen LogP contribution in [0.15, 0.2) is 36.7 Å². The molecule has 2 rings (SSSR count). The van der Waals surface area contributed by atoms with Crippen LogP contribution in [0.4, 0.5) is 0 Å². The number of aliphatic hydroxyl groups is 1. The Morgan fingerprint density at radius 3 is 2.57 bits per heavy atom. The van der Waals surface area contributed by atoms with Gasteiger partial charge in [-0.2, -0.15) is 0 Å². The summed E-state index contributed by atoms with van der Waals surface area (Å²) in [7, 11) is 0. The van der Waals surface area contributed by atoms with E-state index in [0.717, 1.165) is 15.0 Å². The predicted octanol–water partition coefficient (Wildman–Crippen LogP) is 2.10. The van der Waals surface area contributed by atoms with Crippen molar-refractivity contribution in [2.75, 3.05) is 0 Å². The number of benzene rings is 1. The van der Waals surface area contributed by atoms with Crippen LogP contribution < -0.4 is 0 Å². The van der Waals surface area contributed by atoms with Crippen molar-refractivity contribution in [3.05, 3.63) is 51.6 Å². The number of hydrogen-bond acceptors (Lipinski definition) is 2. The van der Waals surface area contributed by atoms with Crippen LogP contribution >= 0.6 is 22.6 Å². The summed E-state index contributed by atoms with van der Waals surface area (Å²) in [5.41, 5.74) is 1.62. The zero-order valence-corrected chi connectivity index (χ0v) is 9.47. The molecule has 4 heteroatoms. The van der Waals surface area contributed by atoms with Gasteiger partial charge in [-0.15, -0.1) is 0 Å². The van der Waals surface area contributed by atoms with E-state index in [-0.39, 0.29) is 0 Å². The molecule has 0 radical (unpaired) electrons. The van der Waals surface area contributed by atoms with Gasteiger partial charge in [0.15, 0.2) is 0 Å². The quantitative estimate of drug-likeness (QED) is 0.834. The SMILES string of the molecule is OC(c1ccccc1)c1[nH]cnc1I. The number of hydrogen-bond donors (Lipinski definition) is 2. The molecule has 0 saturated carbocycles. The smallest absolute Gasteiger partial charge is 0.125 e. The summed E-state index contributed by atoms with van der Waals surface area (Å²) in [6.07, 6.45) is 0.967. The first-order valence-corrected chi connectivity index (χ1v) is 5.28. The lowest BCUT2D eigenvalue weighted by Crippen LogP contribution is -2.01. The Balaban J connectivity index is 2.34. The molecule has 0 spiro atoms. The lowest BCUT2D eigenvalue weighted by molar-refractivity contribution is 0.215. The summed E-state index contributed by atoms with van der Waals surface area (Å²) in [5, 5.41) is 9.99. The summed E-state index contributed by atoms with van der Waals surface area (Å²) < 4.78 is 0.805. The summed E-state index contributed by atoms with van der Waals surface area (Å²) in [6, 6.07) is 9.51. The number of aromatic nitrogens is 2. The van der Waals surface area contributed by atoms with Gasteiger partial charge < -0.3 is 10.1 Å². The third-order valence-electron chi connectivity index (χ3n) is 2.01. The Labute approximate surface area is 95.3 Å².